The zero-order valence-corrected chi connectivity index (χ0v) is 11.6. The molecule has 1 aromatic rings. The van der Waals surface area contributed by atoms with E-state index in [0.29, 0.717) is 19.7 Å². The second-order valence-electron chi connectivity index (χ2n) is 4.78. The molecule has 0 spiro atoms. The quantitative estimate of drug-likeness (QED) is 0.896. The molecule has 1 saturated heterocycles. The summed E-state index contributed by atoms with van der Waals surface area (Å²) in [6.07, 6.45) is 0.821. The van der Waals surface area contributed by atoms with Crippen molar-refractivity contribution in [2.45, 2.75) is 19.4 Å². The number of carbonyl (C=O) groups is 2. The van der Waals surface area contributed by atoms with Gasteiger partial charge in [-0.1, -0.05) is 6.92 Å². The molecule has 0 radical (unpaired) electrons. The lowest BCUT2D eigenvalue weighted by Gasteiger charge is -2.32. The minimum absolute atomic E-state index is 0.00984. The molecular formula is C14H17FN2O4. The first-order chi connectivity index (χ1) is 10.0. The van der Waals surface area contributed by atoms with Crippen molar-refractivity contribution < 1.29 is 23.8 Å². The van der Waals surface area contributed by atoms with Gasteiger partial charge >= 0.3 is 12.0 Å². The number of hydrogen-bond acceptors (Lipinski definition) is 3. The molecule has 0 aliphatic carbocycles. The van der Waals surface area contributed by atoms with E-state index in [9.17, 15) is 14.0 Å². The Hall–Kier alpha value is -2.15. The molecule has 0 aromatic heterocycles. The van der Waals surface area contributed by atoms with Crippen LogP contribution in [0.4, 0.5) is 14.9 Å². The van der Waals surface area contributed by atoms with Gasteiger partial charge in [0, 0.05) is 18.8 Å². The zero-order chi connectivity index (χ0) is 15.4. The third-order valence-electron chi connectivity index (χ3n) is 3.33. The largest absolute Gasteiger partial charge is 0.478 e. The summed E-state index contributed by atoms with van der Waals surface area (Å²) in [5.41, 5.74) is -0.201. The first kappa shape index (κ1) is 15.2. The molecule has 1 unspecified atom stereocenters. The van der Waals surface area contributed by atoms with Crippen LogP contribution < -0.4 is 5.32 Å². The highest BCUT2D eigenvalue weighted by molar-refractivity contribution is 5.91. The van der Waals surface area contributed by atoms with E-state index in [1.807, 2.05) is 6.92 Å². The van der Waals surface area contributed by atoms with Crippen LogP contribution in [0, 0.1) is 5.82 Å². The monoisotopic (exact) mass is 296 g/mol. The van der Waals surface area contributed by atoms with Crippen LogP contribution in [0.25, 0.3) is 0 Å². The van der Waals surface area contributed by atoms with Crippen LogP contribution in [0.15, 0.2) is 18.2 Å². The lowest BCUT2D eigenvalue weighted by molar-refractivity contribution is -0.0134. The number of nitrogens with one attached hydrogen (secondary N) is 1. The molecule has 0 bridgehead atoms. The average molecular weight is 296 g/mol. The van der Waals surface area contributed by atoms with E-state index in [2.05, 4.69) is 5.32 Å². The summed E-state index contributed by atoms with van der Waals surface area (Å²) in [5.74, 6) is -2.22. The summed E-state index contributed by atoms with van der Waals surface area (Å²) in [5, 5.41) is 11.3. The Kier molecular flexibility index (Phi) is 4.74. The van der Waals surface area contributed by atoms with Crippen molar-refractivity contribution in [1.29, 1.82) is 0 Å². The number of carboxylic acid groups (broad SMARTS) is 1. The Labute approximate surface area is 121 Å². The molecule has 2 N–H and O–H groups in total. The first-order valence-electron chi connectivity index (χ1n) is 6.71. The standard InChI is InChI=1S/C14H17FN2O4/c1-2-10-8-17(5-6-21-10)14(20)16-9-3-4-11(13(18)19)12(15)7-9/h3-4,7,10H,2,5-6,8H2,1H3,(H,16,20)(H,18,19). The zero-order valence-electron chi connectivity index (χ0n) is 11.6. The molecule has 21 heavy (non-hydrogen) atoms. The number of aromatic carboxylic acids is 1. The SMILES string of the molecule is CCC1CN(C(=O)Nc2ccc(C(=O)O)c(F)c2)CCO1. The van der Waals surface area contributed by atoms with Gasteiger partial charge in [-0.3, -0.25) is 0 Å². The van der Waals surface area contributed by atoms with Crippen LogP contribution in [0.3, 0.4) is 0 Å². The van der Waals surface area contributed by atoms with E-state index in [4.69, 9.17) is 9.84 Å². The molecule has 7 heteroatoms. The molecule has 0 saturated carbocycles. The highest BCUT2D eigenvalue weighted by atomic mass is 19.1. The molecular weight excluding hydrogens is 279 g/mol. The van der Waals surface area contributed by atoms with Crippen molar-refractivity contribution in [3.05, 3.63) is 29.6 Å². The van der Waals surface area contributed by atoms with Crippen molar-refractivity contribution in [2.24, 2.45) is 0 Å². The highest BCUT2D eigenvalue weighted by Crippen LogP contribution is 2.16. The normalized spacial score (nSPS) is 18.4. The smallest absolute Gasteiger partial charge is 0.338 e. The lowest BCUT2D eigenvalue weighted by atomic mass is 10.2. The maximum absolute atomic E-state index is 13.5. The van der Waals surface area contributed by atoms with Gasteiger partial charge < -0.3 is 20.1 Å². The van der Waals surface area contributed by atoms with Crippen LogP contribution in [0.2, 0.25) is 0 Å². The number of anilines is 1. The first-order valence-corrected chi connectivity index (χ1v) is 6.71. The molecule has 2 amide bonds. The third-order valence-corrected chi connectivity index (χ3v) is 3.33. The van der Waals surface area contributed by atoms with Gasteiger partial charge in [0.05, 0.1) is 18.3 Å². The molecule has 1 aliphatic rings. The van der Waals surface area contributed by atoms with Gasteiger partial charge in [0.15, 0.2) is 0 Å². The van der Waals surface area contributed by atoms with Gasteiger partial charge in [0.2, 0.25) is 0 Å². The van der Waals surface area contributed by atoms with Crippen molar-refractivity contribution in [3.63, 3.8) is 0 Å². The number of urea groups is 1. The van der Waals surface area contributed by atoms with E-state index < -0.39 is 17.3 Å². The molecule has 1 aliphatic heterocycles. The fourth-order valence-corrected chi connectivity index (χ4v) is 2.12. The number of morpholine rings is 1. The van der Waals surface area contributed by atoms with Crippen LogP contribution in [-0.4, -0.2) is 47.8 Å². The fraction of sp³-hybridized carbons (Fsp3) is 0.429. The molecule has 114 valence electrons. The number of nitrogens with zero attached hydrogens (tertiary/aromatic N) is 1. The maximum Gasteiger partial charge on any atom is 0.338 e. The van der Waals surface area contributed by atoms with Crippen LogP contribution in [-0.2, 0) is 4.74 Å². The summed E-state index contributed by atoms with van der Waals surface area (Å²) in [6, 6.07) is 3.14. The number of rotatable bonds is 3. The number of carboxylic acids is 1. The van der Waals surface area contributed by atoms with E-state index >= 15 is 0 Å². The second kappa shape index (κ2) is 6.53. The predicted octanol–water partition coefficient (Wildman–Crippen LogP) is 2.17. The van der Waals surface area contributed by atoms with Gasteiger partial charge in [-0.15, -0.1) is 0 Å². The molecule has 1 fully saturated rings. The van der Waals surface area contributed by atoms with E-state index in [1.54, 1.807) is 4.90 Å². The number of carbonyl (C=O) groups excluding carboxylic acids is 1. The topological polar surface area (TPSA) is 78.9 Å². The van der Waals surface area contributed by atoms with Crippen LogP contribution in [0.5, 0.6) is 0 Å². The van der Waals surface area contributed by atoms with Crippen LogP contribution in [0.1, 0.15) is 23.7 Å². The lowest BCUT2D eigenvalue weighted by Crippen LogP contribution is -2.47. The summed E-state index contributed by atoms with van der Waals surface area (Å²) in [4.78, 5) is 24.4. The van der Waals surface area contributed by atoms with E-state index in [1.165, 1.54) is 6.07 Å². The van der Waals surface area contributed by atoms with Gasteiger partial charge in [0.25, 0.3) is 0 Å². The average Bonchev–Trinajstić information content (AvgIpc) is 2.47. The van der Waals surface area contributed by atoms with Crippen LogP contribution >= 0.6 is 0 Å². The fourth-order valence-electron chi connectivity index (χ4n) is 2.12. The number of ether oxygens (including phenoxy) is 1. The van der Waals surface area contributed by atoms with Gasteiger partial charge in [0.1, 0.15) is 5.82 Å². The second-order valence-corrected chi connectivity index (χ2v) is 4.78. The van der Waals surface area contributed by atoms with E-state index in [-0.39, 0.29) is 17.8 Å². The minimum Gasteiger partial charge on any atom is -0.478 e. The summed E-state index contributed by atoms with van der Waals surface area (Å²) >= 11 is 0. The molecule has 6 nitrogen and oxygen atoms in total. The summed E-state index contributed by atoms with van der Waals surface area (Å²) < 4.78 is 19.0. The Morgan fingerprint density at radius 2 is 2.29 bits per heavy atom. The van der Waals surface area contributed by atoms with Crippen molar-refractivity contribution in [2.75, 3.05) is 25.0 Å². The van der Waals surface area contributed by atoms with Crippen molar-refractivity contribution >= 4 is 17.7 Å². The minimum atomic E-state index is -1.34. The Bertz CT molecular complexity index is 550. The number of halogens is 1. The number of amides is 2. The highest BCUT2D eigenvalue weighted by Gasteiger charge is 2.23. The van der Waals surface area contributed by atoms with Gasteiger partial charge in [-0.25, -0.2) is 14.0 Å². The molecule has 1 heterocycles. The Balaban J connectivity index is 2.02. The molecule has 1 aromatic carbocycles. The Morgan fingerprint density at radius 1 is 1.52 bits per heavy atom. The number of hydrogen-bond donors (Lipinski definition) is 2. The van der Waals surface area contributed by atoms with Gasteiger partial charge in [-0.2, -0.15) is 0 Å². The Morgan fingerprint density at radius 3 is 2.90 bits per heavy atom. The predicted molar refractivity (Wildman–Crippen MR) is 74.0 cm³/mol. The molecule has 2 rings (SSSR count). The third kappa shape index (κ3) is 3.69. The molecule has 1 atom stereocenters. The number of benzene rings is 1. The van der Waals surface area contributed by atoms with E-state index in [0.717, 1.165) is 18.6 Å². The van der Waals surface area contributed by atoms with Gasteiger partial charge in [-0.05, 0) is 24.6 Å². The van der Waals surface area contributed by atoms with Crippen molar-refractivity contribution in [1.82, 2.24) is 4.90 Å². The maximum atomic E-state index is 13.5. The summed E-state index contributed by atoms with van der Waals surface area (Å²) in [7, 11) is 0. The summed E-state index contributed by atoms with van der Waals surface area (Å²) in [6.45, 7) is 3.40. The van der Waals surface area contributed by atoms with Crippen molar-refractivity contribution in [3.8, 4) is 0 Å².